The number of fused-ring (bicyclic) bond motifs is 1. The standard InChI is InChI=1S/C17H21NO5/c1-17(2,3)23-14(19)8-10-22-11-9-18-15(20)12-6-4-5-7-13(12)16(18)21/h4-7H,8-11H2,1-3H3. The lowest BCUT2D eigenvalue weighted by molar-refractivity contribution is -0.156. The third-order valence-corrected chi connectivity index (χ3v) is 3.21. The van der Waals surface area contributed by atoms with Gasteiger partial charge in [0.05, 0.1) is 37.3 Å². The van der Waals surface area contributed by atoms with Gasteiger partial charge in [0, 0.05) is 0 Å². The Kier molecular flexibility index (Phi) is 5.15. The Bertz CT molecular complexity index is 583. The molecule has 1 aromatic carbocycles. The van der Waals surface area contributed by atoms with E-state index in [-0.39, 0.29) is 44.0 Å². The number of imide groups is 1. The lowest BCUT2D eigenvalue weighted by Crippen LogP contribution is -2.33. The highest BCUT2D eigenvalue weighted by Crippen LogP contribution is 2.21. The number of hydrogen-bond acceptors (Lipinski definition) is 5. The Labute approximate surface area is 135 Å². The van der Waals surface area contributed by atoms with Crippen molar-refractivity contribution >= 4 is 17.8 Å². The summed E-state index contributed by atoms with van der Waals surface area (Å²) < 4.78 is 10.5. The molecular weight excluding hydrogens is 298 g/mol. The predicted molar refractivity (Wildman–Crippen MR) is 83.1 cm³/mol. The summed E-state index contributed by atoms with van der Waals surface area (Å²) in [7, 11) is 0. The molecule has 1 heterocycles. The Morgan fingerprint density at radius 2 is 1.61 bits per heavy atom. The van der Waals surface area contributed by atoms with Gasteiger partial charge < -0.3 is 9.47 Å². The highest BCUT2D eigenvalue weighted by molar-refractivity contribution is 6.21. The van der Waals surface area contributed by atoms with Crippen LogP contribution in [-0.4, -0.2) is 48.0 Å². The third-order valence-electron chi connectivity index (χ3n) is 3.21. The van der Waals surface area contributed by atoms with Crippen LogP contribution in [0.25, 0.3) is 0 Å². The van der Waals surface area contributed by atoms with Gasteiger partial charge in [-0.1, -0.05) is 12.1 Å². The van der Waals surface area contributed by atoms with E-state index in [2.05, 4.69) is 0 Å². The molecule has 0 aliphatic carbocycles. The van der Waals surface area contributed by atoms with Gasteiger partial charge in [0.1, 0.15) is 5.60 Å². The SMILES string of the molecule is CC(C)(C)OC(=O)CCOCCN1C(=O)c2ccccc2C1=O. The number of nitrogens with zero attached hydrogens (tertiary/aromatic N) is 1. The normalized spacial score (nSPS) is 14.1. The largest absolute Gasteiger partial charge is 0.460 e. The summed E-state index contributed by atoms with van der Waals surface area (Å²) >= 11 is 0. The lowest BCUT2D eigenvalue weighted by Gasteiger charge is -2.19. The number of amides is 2. The molecule has 0 aromatic heterocycles. The second-order valence-electron chi connectivity index (χ2n) is 6.26. The van der Waals surface area contributed by atoms with E-state index in [0.717, 1.165) is 4.90 Å². The minimum Gasteiger partial charge on any atom is -0.460 e. The summed E-state index contributed by atoms with van der Waals surface area (Å²) in [5.41, 5.74) is 0.328. The molecule has 0 fully saturated rings. The highest BCUT2D eigenvalue weighted by atomic mass is 16.6. The number of hydrogen-bond donors (Lipinski definition) is 0. The molecule has 2 rings (SSSR count). The van der Waals surface area contributed by atoms with Gasteiger partial charge in [-0.2, -0.15) is 0 Å². The smallest absolute Gasteiger partial charge is 0.308 e. The predicted octanol–water partition coefficient (Wildman–Crippen LogP) is 2.03. The van der Waals surface area contributed by atoms with E-state index in [4.69, 9.17) is 9.47 Å². The van der Waals surface area contributed by atoms with Crippen LogP contribution in [0.15, 0.2) is 24.3 Å². The quantitative estimate of drug-likeness (QED) is 0.456. The van der Waals surface area contributed by atoms with Crippen molar-refractivity contribution in [3.63, 3.8) is 0 Å². The highest BCUT2D eigenvalue weighted by Gasteiger charge is 2.34. The van der Waals surface area contributed by atoms with Crippen molar-refractivity contribution in [2.24, 2.45) is 0 Å². The van der Waals surface area contributed by atoms with E-state index < -0.39 is 5.60 Å². The van der Waals surface area contributed by atoms with Crippen LogP contribution >= 0.6 is 0 Å². The van der Waals surface area contributed by atoms with Crippen molar-refractivity contribution in [2.45, 2.75) is 32.8 Å². The Morgan fingerprint density at radius 3 is 2.13 bits per heavy atom. The van der Waals surface area contributed by atoms with Gasteiger partial charge in [-0.05, 0) is 32.9 Å². The zero-order chi connectivity index (χ0) is 17.0. The summed E-state index contributed by atoms with van der Waals surface area (Å²) in [5.74, 6) is -0.944. The van der Waals surface area contributed by atoms with Crippen LogP contribution in [0.4, 0.5) is 0 Å². The maximum atomic E-state index is 12.1. The fourth-order valence-corrected chi connectivity index (χ4v) is 2.25. The van der Waals surface area contributed by atoms with E-state index in [1.54, 1.807) is 45.0 Å². The van der Waals surface area contributed by atoms with Gasteiger partial charge in [0.2, 0.25) is 0 Å². The van der Waals surface area contributed by atoms with Gasteiger partial charge in [-0.15, -0.1) is 0 Å². The summed E-state index contributed by atoms with van der Waals surface area (Å²) in [5, 5.41) is 0. The average molecular weight is 319 g/mol. The maximum absolute atomic E-state index is 12.1. The number of ether oxygens (including phenoxy) is 2. The van der Waals surface area contributed by atoms with Crippen molar-refractivity contribution < 1.29 is 23.9 Å². The Balaban J connectivity index is 1.73. The van der Waals surface area contributed by atoms with Crippen molar-refractivity contribution in [1.82, 2.24) is 4.90 Å². The number of esters is 1. The summed E-state index contributed by atoms with van der Waals surface area (Å²) in [6.07, 6.45) is 0.138. The molecule has 0 spiro atoms. The summed E-state index contributed by atoms with van der Waals surface area (Å²) in [6, 6.07) is 6.73. The molecule has 1 aromatic rings. The molecule has 23 heavy (non-hydrogen) atoms. The topological polar surface area (TPSA) is 72.9 Å². The fraction of sp³-hybridized carbons (Fsp3) is 0.471. The molecule has 1 aliphatic heterocycles. The first kappa shape index (κ1) is 17.1. The minimum absolute atomic E-state index is 0.138. The minimum atomic E-state index is -0.517. The molecule has 0 saturated heterocycles. The first-order valence-electron chi connectivity index (χ1n) is 7.54. The Hall–Kier alpha value is -2.21. The third kappa shape index (κ3) is 4.39. The van der Waals surface area contributed by atoms with Gasteiger partial charge in [0.15, 0.2) is 0 Å². The van der Waals surface area contributed by atoms with Gasteiger partial charge in [-0.3, -0.25) is 19.3 Å². The van der Waals surface area contributed by atoms with Crippen LogP contribution in [0, 0.1) is 0 Å². The van der Waals surface area contributed by atoms with Crippen LogP contribution in [-0.2, 0) is 14.3 Å². The summed E-state index contributed by atoms with van der Waals surface area (Å²) in [4.78, 5) is 36.9. The van der Waals surface area contributed by atoms with E-state index in [1.165, 1.54) is 0 Å². The van der Waals surface area contributed by atoms with Crippen molar-refractivity contribution in [2.75, 3.05) is 19.8 Å². The average Bonchev–Trinajstić information content (AvgIpc) is 2.70. The molecule has 0 saturated carbocycles. The first-order chi connectivity index (χ1) is 10.8. The first-order valence-corrected chi connectivity index (χ1v) is 7.54. The summed E-state index contributed by atoms with van der Waals surface area (Å²) in [6.45, 7) is 5.95. The van der Waals surface area contributed by atoms with E-state index >= 15 is 0 Å². The molecule has 0 radical (unpaired) electrons. The molecule has 6 heteroatoms. The van der Waals surface area contributed by atoms with Crippen LogP contribution in [0.1, 0.15) is 47.9 Å². The second-order valence-corrected chi connectivity index (χ2v) is 6.26. The van der Waals surface area contributed by atoms with Gasteiger partial charge in [0.25, 0.3) is 11.8 Å². The molecule has 1 aliphatic rings. The number of benzene rings is 1. The molecule has 0 atom stereocenters. The maximum Gasteiger partial charge on any atom is 0.308 e. The molecular formula is C17H21NO5. The van der Waals surface area contributed by atoms with Crippen molar-refractivity contribution in [3.05, 3.63) is 35.4 Å². The Morgan fingerprint density at radius 1 is 1.04 bits per heavy atom. The zero-order valence-corrected chi connectivity index (χ0v) is 13.6. The van der Waals surface area contributed by atoms with Crippen LogP contribution in [0.2, 0.25) is 0 Å². The van der Waals surface area contributed by atoms with Crippen molar-refractivity contribution in [1.29, 1.82) is 0 Å². The molecule has 124 valence electrons. The molecule has 0 unspecified atom stereocenters. The van der Waals surface area contributed by atoms with E-state index in [1.807, 2.05) is 0 Å². The fourth-order valence-electron chi connectivity index (χ4n) is 2.25. The zero-order valence-electron chi connectivity index (χ0n) is 13.6. The van der Waals surface area contributed by atoms with E-state index in [9.17, 15) is 14.4 Å². The number of rotatable bonds is 6. The van der Waals surface area contributed by atoms with Crippen LogP contribution in [0.3, 0.4) is 0 Å². The molecule has 0 bridgehead atoms. The molecule has 6 nitrogen and oxygen atoms in total. The lowest BCUT2D eigenvalue weighted by atomic mass is 10.1. The van der Waals surface area contributed by atoms with Gasteiger partial charge >= 0.3 is 5.97 Å². The monoisotopic (exact) mass is 319 g/mol. The molecule has 0 N–H and O–H groups in total. The number of carbonyl (C=O) groups is 3. The van der Waals surface area contributed by atoms with E-state index in [0.29, 0.717) is 11.1 Å². The van der Waals surface area contributed by atoms with Crippen molar-refractivity contribution in [3.8, 4) is 0 Å². The number of carbonyl (C=O) groups excluding carboxylic acids is 3. The second kappa shape index (κ2) is 6.91. The van der Waals surface area contributed by atoms with Crippen LogP contribution in [0.5, 0.6) is 0 Å². The van der Waals surface area contributed by atoms with Crippen LogP contribution < -0.4 is 0 Å². The van der Waals surface area contributed by atoms with Gasteiger partial charge in [-0.25, -0.2) is 0 Å². The molecule has 2 amide bonds.